The molecule has 1 aromatic rings. The maximum Gasteiger partial charge on any atom is 0.243 e. The number of nitrogens with one attached hydrogen (secondary N) is 1. The maximum atomic E-state index is 13.1. The highest BCUT2D eigenvalue weighted by atomic mass is 32.2. The van der Waals surface area contributed by atoms with Crippen LogP contribution in [0.5, 0.6) is 0 Å². The second kappa shape index (κ2) is 8.29. The SMILES string of the molecule is Cc1cc(C)c(S(=O)(=O)N2CCC(C(=O)NCC3CCCO3)CC2)c(C)c1. The molecule has 1 unspecified atom stereocenters. The van der Waals surface area contributed by atoms with E-state index in [9.17, 15) is 13.2 Å². The second-order valence-electron chi connectivity index (χ2n) is 7.79. The number of piperidine rings is 1. The average Bonchev–Trinajstić information content (AvgIpc) is 3.12. The van der Waals surface area contributed by atoms with E-state index in [4.69, 9.17) is 4.74 Å². The zero-order valence-electron chi connectivity index (χ0n) is 16.5. The summed E-state index contributed by atoms with van der Waals surface area (Å²) in [7, 11) is -3.53. The van der Waals surface area contributed by atoms with Crippen LogP contribution in [0.3, 0.4) is 0 Å². The van der Waals surface area contributed by atoms with Crippen LogP contribution in [0, 0.1) is 26.7 Å². The smallest absolute Gasteiger partial charge is 0.243 e. The van der Waals surface area contributed by atoms with E-state index in [1.54, 1.807) is 0 Å². The number of aryl methyl sites for hydroxylation is 3. The summed E-state index contributed by atoms with van der Waals surface area (Å²) in [6.07, 6.45) is 3.28. The topological polar surface area (TPSA) is 75.7 Å². The number of sulfonamides is 1. The highest BCUT2D eigenvalue weighted by Crippen LogP contribution is 2.28. The molecule has 2 aliphatic heterocycles. The average molecular weight is 395 g/mol. The first kappa shape index (κ1) is 20.3. The van der Waals surface area contributed by atoms with Gasteiger partial charge in [-0.1, -0.05) is 17.7 Å². The standard InChI is InChI=1S/C20H30N2O4S/c1-14-11-15(2)19(16(3)12-14)27(24,25)22-8-6-17(7-9-22)20(23)21-13-18-5-4-10-26-18/h11-12,17-18H,4-10,13H2,1-3H3,(H,21,23). The van der Waals surface area contributed by atoms with Crippen molar-refractivity contribution in [1.82, 2.24) is 9.62 Å². The normalized spacial score (nSPS) is 22.1. The molecule has 2 aliphatic rings. The number of ether oxygens (including phenoxy) is 1. The van der Waals surface area contributed by atoms with Gasteiger partial charge in [0.1, 0.15) is 0 Å². The molecule has 0 radical (unpaired) electrons. The van der Waals surface area contributed by atoms with E-state index < -0.39 is 10.0 Å². The first-order chi connectivity index (χ1) is 12.8. The lowest BCUT2D eigenvalue weighted by molar-refractivity contribution is -0.126. The first-order valence-corrected chi connectivity index (χ1v) is 11.2. The van der Waals surface area contributed by atoms with E-state index in [2.05, 4.69) is 5.32 Å². The third-order valence-corrected chi connectivity index (χ3v) is 7.76. The highest BCUT2D eigenvalue weighted by Gasteiger charge is 2.33. The Morgan fingerprint density at radius 3 is 2.33 bits per heavy atom. The minimum Gasteiger partial charge on any atom is -0.376 e. The van der Waals surface area contributed by atoms with E-state index >= 15 is 0 Å². The molecule has 0 saturated carbocycles. The van der Waals surface area contributed by atoms with Gasteiger partial charge in [0.2, 0.25) is 15.9 Å². The number of benzene rings is 1. The van der Waals surface area contributed by atoms with Gasteiger partial charge in [-0.3, -0.25) is 4.79 Å². The molecule has 1 atom stereocenters. The summed E-state index contributed by atoms with van der Waals surface area (Å²) in [5.41, 5.74) is 2.62. The van der Waals surface area contributed by atoms with E-state index in [1.165, 1.54) is 4.31 Å². The molecule has 6 nitrogen and oxygen atoms in total. The van der Waals surface area contributed by atoms with Crippen LogP contribution in [0.25, 0.3) is 0 Å². The van der Waals surface area contributed by atoms with Gasteiger partial charge in [0.15, 0.2) is 0 Å². The maximum absolute atomic E-state index is 13.1. The molecule has 150 valence electrons. The van der Waals surface area contributed by atoms with Crippen molar-refractivity contribution in [3.05, 3.63) is 28.8 Å². The van der Waals surface area contributed by atoms with Crippen molar-refractivity contribution in [2.24, 2.45) is 5.92 Å². The molecule has 1 aromatic carbocycles. The van der Waals surface area contributed by atoms with Gasteiger partial charge >= 0.3 is 0 Å². The molecular formula is C20H30N2O4S. The quantitative estimate of drug-likeness (QED) is 0.832. The van der Waals surface area contributed by atoms with Crippen LogP contribution >= 0.6 is 0 Å². The second-order valence-corrected chi connectivity index (χ2v) is 9.66. The molecule has 1 amide bonds. The van der Waals surface area contributed by atoms with E-state index in [0.29, 0.717) is 37.4 Å². The van der Waals surface area contributed by atoms with E-state index in [-0.39, 0.29) is 17.9 Å². The van der Waals surface area contributed by atoms with Gasteiger partial charge in [-0.25, -0.2) is 8.42 Å². The molecule has 2 heterocycles. The summed E-state index contributed by atoms with van der Waals surface area (Å²) < 4.78 is 33.3. The number of nitrogens with zero attached hydrogens (tertiary/aromatic N) is 1. The molecule has 2 saturated heterocycles. The van der Waals surface area contributed by atoms with Crippen molar-refractivity contribution in [3.8, 4) is 0 Å². The summed E-state index contributed by atoms with van der Waals surface area (Å²) in [6, 6.07) is 3.82. The Kier molecular flexibility index (Phi) is 6.23. The van der Waals surface area contributed by atoms with Gasteiger partial charge in [-0.15, -0.1) is 0 Å². The van der Waals surface area contributed by atoms with E-state index in [0.717, 1.165) is 36.1 Å². The summed E-state index contributed by atoms with van der Waals surface area (Å²) >= 11 is 0. The summed E-state index contributed by atoms with van der Waals surface area (Å²) in [6.45, 7) is 7.75. The van der Waals surface area contributed by atoms with Crippen LogP contribution in [-0.4, -0.2) is 51.0 Å². The van der Waals surface area contributed by atoms with Gasteiger partial charge in [0.05, 0.1) is 11.0 Å². The van der Waals surface area contributed by atoms with Crippen molar-refractivity contribution in [2.45, 2.75) is 57.5 Å². The van der Waals surface area contributed by atoms with Crippen LogP contribution in [0.1, 0.15) is 42.4 Å². The van der Waals surface area contributed by atoms with Gasteiger partial charge in [-0.2, -0.15) is 4.31 Å². The number of hydrogen-bond acceptors (Lipinski definition) is 4. The van der Waals surface area contributed by atoms with Crippen molar-refractivity contribution in [3.63, 3.8) is 0 Å². The minimum atomic E-state index is -3.53. The molecule has 2 fully saturated rings. The largest absolute Gasteiger partial charge is 0.376 e. The molecular weight excluding hydrogens is 364 g/mol. The Labute approximate surface area is 162 Å². The Morgan fingerprint density at radius 1 is 1.15 bits per heavy atom. The van der Waals surface area contributed by atoms with E-state index in [1.807, 2.05) is 32.9 Å². The van der Waals surface area contributed by atoms with Gasteiger partial charge in [-0.05, 0) is 57.6 Å². The van der Waals surface area contributed by atoms with Crippen LogP contribution < -0.4 is 5.32 Å². The molecule has 1 N–H and O–H groups in total. The zero-order valence-corrected chi connectivity index (χ0v) is 17.3. The fourth-order valence-electron chi connectivity index (χ4n) is 4.23. The zero-order chi connectivity index (χ0) is 19.6. The summed E-state index contributed by atoms with van der Waals surface area (Å²) in [4.78, 5) is 12.8. The monoisotopic (exact) mass is 394 g/mol. The van der Waals surface area contributed by atoms with Crippen molar-refractivity contribution in [2.75, 3.05) is 26.2 Å². The van der Waals surface area contributed by atoms with Crippen LogP contribution in [-0.2, 0) is 19.6 Å². The van der Waals surface area contributed by atoms with Gasteiger partial charge in [0.25, 0.3) is 0 Å². The summed E-state index contributed by atoms with van der Waals surface area (Å²) in [5, 5.41) is 2.97. The molecule has 7 heteroatoms. The third kappa shape index (κ3) is 4.52. The number of carbonyl (C=O) groups is 1. The molecule has 0 aliphatic carbocycles. The van der Waals surface area contributed by atoms with Crippen molar-refractivity contribution < 1.29 is 17.9 Å². The lowest BCUT2D eigenvalue weighted by Crippen LogP contribution is -2.44. The number of rotatable bonds is 5. The highest BCUT2D eigenvalue weighted by molar-refractivity contribution is 7.89. The molecule has 27 heavy (non-hydrogen) atoms. The Bertz CT molecular complexity index is 769. The van der Waals surface area contributed by atoms with Crippen LogP contribution in [0.2, 0.25) is 0 Å². The van der Waals surface area contributed by atoms with Gasteiger partial charge < -0.3 is 10.1 Å². The predicted octanol–water partition coefficient (Wildman–Crippen LogP) is 2.31. The fraction of sp³-hybridized carbons (Fsp3) is 0.650. The van der Waals surface area contributed by atoms with Gasteiger partial charge in [0, 0.05) is 32.2 Å². The fourth-order valence-corrected chi connectivity index (χ4v) is 6.11. The molecule has 0 spiro atoms. The third-order valence-electron chi connectivity index (χ3n) is 5.56. The van der Waals surface area contributed by atoms with Crippen LogP contribution in [0.4, 0.5) is 0 Å². The Balaban J connectivity index is 1.60. The van der Waals surface area contributed by atoms with Crippen molar-refractivity contribution in [1.29, 1.82) is 0 Å². The van der Waals surface area contributed by atoms with Crippen molar-refractivity contribution >= 4 is 15.9 Å². The number of hydrogen-bond donors (Lipinski definition) is 1. The first-order valence-electron chi connectivity index (χ1n) is 9.76. The molecule has 0 aromatic heterocycles. The molecule has 3 rings (SSSR count). The predicted molar refractivity (Wildman–Crippen MR) is 104 cm³/mol. The lowest BCUT2D eigenvalue weighted by Gasteiger charge is -2.31. The lowest BCUT2D eigenvalue weighted by atomic mass is 9.97. The van der Waals surface area contributed by atoms with Crippen LogP contribution in [0.15, 0.2) is 17.0 Å². The summed E-state index contributed by atoms with van der Waals surface area (Å²) in [5.74, 6) is -0.108. The number of amides is 1. The number of carbonyl (C=O) groups excluding carboxylic acids is 1. The molecule has 0 bridgehead atoms. The minimum absolute atomic E-state index is 0.0187. The Morgan fingerprint density at radius 2 is 1.78 bits per heavy atom. The Hall–Kier alpha value is -1.44.